The van der Waals surface area contributed by atoms with Crippen molar-refractivity contribution in [3.63, 3.8) is 0 Å². The monoisotopic (exact) mass is 400 g/mol. The normalized spacial score (nSPS) is 21.4. The van der Waals surface area contributed by atoms with E-state index in [1.807, 2.05) is 12.1 Å². The average Bonchev–Trinajstić information content (AvgIpc) is 2.77. The minimum absolute atomic E-state index is 0.175. The quantitative estimate of drug-likeness (QED) is 0.507. The molecule has 1 aliphatic rings. The van der Waals surface area contributed by atoms with Crippen LogP contribution in [0.1, 0.15) is 31.0 Å². The molecule has 3 aromatic carbocycles. The van der Waals surface area contributed by atoms with E-state index in [-0.39, 0.29) is 6.04 Å². The number of fused-ring (bicyclic) bond motifs is 1. The first-order valence-electron chi connectivity index (χ1n) is 10.8. The fourth-order valence-electron chi connectivity index (χ4n) is 4.86. The van der Waals surface area contributed by atoms with Crippen molar-refractivity contribution >= 4 is 10.8 Å². The first kappa shape index (κ1) is 20.6. The highest BCUT2D eigenvalue weighted by Gasteiger charge is 2.35. The molecule has 1 unspecified atom stereocenters. The molecule has 1 saturated heterocycles. The van der Waals surface area contributed by atoms with E-state index in [2.05, 4.69) is 90.9 Å². The van der Waals surface area contributed by atoms with E-state index >= 15 is 0 Å². The van der Waals surface area contributed by atoms with E-state index in [1.54, 1.807) is 7.11 Å². The van der Waals surface area contributed by atoms with E-state index in [9.17, 15) is 0 Å². The molecule has 1 heterocycles. The molecule has 0 spiro atoms. The molecule has 3 nitrogen and oxygen atoms in total. The Morgan fingerprint density at radius 2 is 1.77 bits per heavy atom. The van der Waals surface area contributed by atoms with Gasteiger partial charge in [-0.2, -0.15) is 0 Å². The largest absolute Gasteiger partial charge is 0.497 e. The molecule has 1 aliphatic heterocycles. The summed E-state index contributed by atoms with van der Waals surface area (Å²) in [5.41, 5.74) is 2.64. The number of methoxy groups -OCH3 is 1. The van der Waals surface area contributed by atoms with E-state index in [0.717, 1.165) is 25.4 Å². The molecule has 3 heteroatoms. The summed E-state index contributed by atoms with van der Waals surface area (Å²) in [5.74, 6) is 0.906. The third-order valence-corrected chi connectivity index (χ3v) is 6.39. The van der Waals surface area contributed by atoms with Crippen molar-refractivity contribution in [1.82, 2.24) is 9.80 Å². The van der Waals surface area contributed by atoms with E-state index < -0.39 is 0 Å². The van der Waals surface area contributed by atoms with Crippen molar-refractivity contribution in [1.29, 1.82) is 0 Å². The smallest absolute Gasteiger partial charge is 0.119 e. The molecule has 0 radical (unpaired) electrons. The van der Waals surface area contributed by atoms with Crippen LogP contribution in [0, 0.1) is 0 Å². The second-order valence-electron chi connectivity index (χ2n) is 8.38. The second-order valence-corrected chi connectivity index (χ2v) is 8.38. The molecular weight excluding hydrogens is 368 g/mol. The van der Waals surface area contributed by atoms with Crippen LogP contribution in [0.4, 0.5) is 0 Å². The first-order valence-corrected chi connectivity index (χ1v) is 10.8. The van der Waals surface area contributed by atoms with Crippen LogP contribution in [0.5, 0.6) is 5.75 Å². The summed E-state index contributed by atoms with van der Waals surface area (Å²) in [6.07, 6.45) is 2.02. The number of ether oxygens (including phenoxy) is 1. The SMILES string of the molecule is C=CCN1C[C@H](C)N(C(c2cccc(OC)c2)c2cccc3ccccc23)C[C@H]1C. The van der Waals surface area contributed by atoms with Crippen LogP contribution in [0.2, 0.25) is 0 Å². The Morgan fingerprint density at radius 3 is 2.57 bits per heavy atom. The first-order chi connectivity index (χ1) is 14.6. The van der Waals surface area contributed by atoms with Gasteiger partial charge < -0.3 is 4.74 Å². The van der Waals surface area contributed by atoms with Gasteiger partial charge in [0, 0.05) is 31.7 Å². The highest BCUT2D eigenvalue weighted by Crippen LogP contribution is 2.37. The predicted molar refractivity (Wildman–Crippen MR) is 126 cm³/mol. The van der Waals surface area contributed by atoms with E-state index in [4.69, 9.17) is 4.74 Å². The number of hydrogen-bond acceptors (Lipinski definition) is 3. The Bertz CT molecular complexity index is 1010. The molecule has 0 amide bonds. The number of rotatable bonds is 6. The third-order valence-electron chi connectivity index (χ3n) is 6.39. The molecule has 3 atom stereocenters. The Hall–Kier alpha value is -2.62. The zero-order valence-corrected chi connectivity index (χ0v) is 18.3. The lowest BCUT2D eigenvalue weighted by molar-refractivity contribution is 0.0309. The van der Waals surface area contributed by atoms with Crippen LogP contribution in [-0.2, 0) is 0 Å². The summed E-state index contributed by atoms with van der Waals surface area (Å²) in [4.78, 5) is 5.20. The number of benzene rings is 3. The average molecular weight is 401 g/mol. The zero-order chi connectivity index (χ0) is 21.1. The summed E-state index contributed by atoms with van der Waals surface area (Å²) in [7, 11) is 1.74. The molecular formula is C27H32N2O. The molecule has 0 aliphatic carbocycles. The van der Waals surface area contributed by atoms with Gasteiger partial charge in [-0.25, -0.2) is 0 Å². The lowest BCUT2D eigenvalue weighted by Gasteiger charge is -2.47. The summed E-state index contributed by atoms with van der Waals surface area (Å²) >= 11 is 0. The molecule has 30 heavy (non-hydrogen) atoms. The van der Waals surface area contributed by atoms with Crippen molar-refractivity contribution in [2.24, 2.45) is 0 Å². The maximum Gasteiger partial charge on any atom is 0.119 e. The minimum Gasteiger partial charge on any atom is -0.497 e. The van der Waals surface area contributed by atoms with Gasteiger partial charge in [-0.15, -0.1) is 6.58 Å². The number of piperazine rings is 1. The predicted octanol–water partition coefficient (Wildman–Crippen LogP) is 5.52. The Balaban J connectivity index is 1.83. The van der Waals surface area contributed by atoms with Gasteiger partial charge in [0.2, 0.25) is 0 Å². The topological polar surface area (TPSA) is 15.7 Å². The lowest BCUT2D eigenvalue weighted by Crippen LogP contribution is -2.57. The van der Waals surface area contributed by atoms with Crippen molar-refractivity contribution in [2.45, 2.75) is 32.0 Å². The molecule has 0 N–H and O–H groups in total. The van der Waals surface area contributed by atoms with E-state index in [1.165, 1.54) is 21.9 Å². The lowest BCUT2D eigenvalue weighted by atomic mass is 9.90. The fraction of sp³-hybridized carbons (Fsp3) is 0.333. The Labute approximate surface area is 180 Å². The van der Waals surface area contributed by atoms with Gasteiger partial charge in [0.05, 0.1) is 13.2 Å². The summed E-state index contributed by atoms with van der Waals surface area (Å²) in [5, 5.41) is 2.61. The summed E-state index contributed by atoms with van der Waals surface area (Å²) in [6.45, 7) is 11.6. The molecule has 156 valence electrons. The van der Waals surface area contributed by atoms with Crippen LogP contribution < -0.4 is 4.74 Å². The molecule has 4 rings (SSSR count). The van der Waals surface area contributed by atoms with Gasteiger partial charge in [-0.05, 0) is 47.9 Å². The van der Waals surface area contributed by atoms with Gasteiger partial charge in [0.15, 0.2) is 0 Å². The van der Waals surface area contributed by atoms with Crippen LogP contribution in [-0.4, -0.2) is 48.6 Å². The van der Waals surface area contributed by atoms with Gasteiger partial charge >= 0.3 is 0 Å². The second kappa shape index (κ2) is 9.03. The van der Waals surface area contributed by atoms with E-state index in [0.29, 0.717) is 12.1 Å². The summed E-state index contributed by atoms with van der Waals surface area (Å²) in [6, 6.07) is 25.0. The number of hydrogen-bond donors (Lipinski definition) is 0. The third kappa shape index (κ3) is 4.00. The maximum atomic E-state index is 5.57. The van der Waals surface area contributed by atoms with Crippen LogP contribution in [0.25, 0.3) is 10.8 Å². The van der Waals surface area contributed by atoms with Crippen LogP contribution >= 0.6 is 0 Å². The molecule has 0 saturated carbocycles. The molecule has 0 bridgehead atoms. The van der Waals surface area contributed by atoms with Crippen LogP contribution in [0.15, 0.2) is 79.4 Å². The maximum absolute atomic E-state index is 5.57. The summed E-state index contributed by atoms with van der Waals surface area (Å²) < 4.78 is 5.57. The fourth-order valence-corrected chi connectivity index (χ4v) is 4.86. The van der Waals surface area contributed by atoms with Gasteiger partial charge in [0.1, 0.15) is 5.75 Å². The molecule has 0 aromatic heterocycles. The van der Waals surface area contributed by atoms with Crippen molar-refractivity contribution in [2.75, 3.05) is 26.7 Å². The van der Waals surface area contributed by atoms with Crippen molar-refractivity contribution in [3.8, 4) is 5.75 Å². The Morgan fingerprint density at radius 1 is 1.00 bits per heavy atom. The number of nitrogens with zero attached hydrogens (tertiary/aromatic N) is 2. The van der Waals surface area contributed by atoms with Gasteiger partial charge in [0.25, 0.3) is 0 Å². The zero-order valence-electron chi connectivity index (χ0n) is 18.3. The highest BCUT2D eigenvalue weighted by atomic mass is 16.5. The highest BCUT2D eigenvalue weighted by molar-refractivity contribution is 5.86. The minimum atomic E-state index is 0.175. The van der Waals surface area contributed by atoms with Gasteiger partial charge in [-0.1, -0.05) is 60.7 Å². The standard InChI is InChI=1S/C27H32N2O/c1-5-16-28-18-21(3)29(19-20(28)2)27(23-12-8-13-24(17-23)30-4)26-15-9-11-22-10-6-7-14-25(22)26/h5-15,17,20-21,27H,1,16,18-19H2,2-4H3/t20-,21+,27?/m1/s1. The van der Waals surface area contributed by atoms with Crippen molar-refractivity contribution < 1.29 is 4.74 Å². The molecule has 3 aromatic rings. The van der Waals surface area contributed by atoms with Gasteiger partial charge in [-0.3, -0.25) is 9.80 Å². The van der Waals surface area contributed by atoms with Crippen molar-refractivity contribution in [3.05, 3.63) is 90.5 Å². The molecule has 1 fully saturated rings. The Kier molecular flexibility index (Phi) is 6.21. The van der Waals surface area contributed by atoms with Crippen LogP contribution in [0.3, 0.4) is 0 Å².